The van der Waals surface area contributed by atoms with Gasteiger partial charge in [0.05, 0.1) is 0 Å². The van der Waals surface area contributed by atoms with Crippen LogP contribution < -0.4 is 0 Å². The molecule has 0 aliphatic heterocycles. The number of rotatable bonds is 7. The van der Waals surface area contributed by atoms with Crippen LogP contribution in [0.5, 0.6) is 0 Å². The Morgan fingerprint density at radius 3 is 1.96 bits per heavy atom. The monoisotopic (exact) mass is 352 g/mol. The molecule has 0 aromatic heterocycles. The quantitative estimate of drug-likeness (QED) is 0.464. The minimum absolute atomic E-state index is 0.620. The lowest BCUT2D eigenvalue weighted by Crippen LogP contribution is -2.27. The molecule has 26 heavy (non-hydrogen) atoms. The van der Waals surface area contributed by atoms with Crippen LogP contribution in [0.15, 0.2) is 41.0 Å². The van der Waals surface area contributed by atoms with E-state index < -0.39 is 0 Å². The molecule has 0 saturated heterocycles. The van der Waals surface area contributed by atoms with E-state index in [-0.39, 0.29) is 0 Å². The van der Waals surface area contributed by atoms with E-state index >= 15 is 0 Å². The molecule has 1 aromatic rings. The SMILES string of the molecule is CCC(C(CC)[C@@H](C)c1ccc(C)c(C)c1)[C@H](C)C1=CC(C)=C(C)CC1. The Morgan fingerprint density at radius 2 is 1.42 bits per heavy atom. The van der Waals surface area contributed by atoms with Crippen molar-refractivity contribution in [3.63, 3.8) is 0 Å². The first-order valence-electron chi connectivity index (χ1n) is 10.7. The van der Waals surface area contributed by atoms with Gasteiger partial charge in [-0.05, 0) is 80.9 Å². The van der Waals surface area contributed by atoms with Gasteiger partial charge in [0.25, 0.3) is 0 Å². The Hall–Kier alpha value is -1.30. The summed E-state index contributed by atoms with van der Waals surface area (Å²) in [5, 5.41) is 0. The van der Waals surface area contributed by atoms with E-state index in [1.165, 1.54) is 47.9 Å². The summed E-state index contributed by atoms with van der Waals surface area (Å²) in [6.45, 7) is 18.8. The van der Waals surface area contributed by atoms with Crippen LogP contribution in [0.1, 0.15) is 89.8 Å². The Labute approximate surface area is 162 Å². The minimum atomic E-state index is 0.620. The van der Waals surface area contributed by atoms with Gasteiger partial charge in [-0.25, -0.2) is 0 Å². The molecule has 0 saturated carbocycles. The first-order valence-corrected chi connectivity index (χ1v) is 10.7. The smallest absolute Gasteiger partial charge is 0.0159 e. The topological polar surface area (TPSA) is 0 Å². The third-order valence-electron chi connectivity index (χ3n) is 7.28. The molecule has 0 heteroatoms. The maximum Gasteiger partial charge on any atom is -0.0159 e. The Bertz CT molecular complexity index is 673. The van der Waals surface area contributed by atoms with Crippen molar-refractivity contribution in [1.29, 1.82) is 0 Å². The molecule has 4 atom stereocenters. The minimum Gasteiger partial charge on any atom is -0.0701 e. The zero-order chi connectivity index (χ0) is 19.4. The summed E-state index contributed by atoms with van der Waals surface area (Å²) in [7, 11) is 0. The molecule has 1 aromatic carbocycles. The van der Waals surface area contributed by atoms with Gasteiger partial charge in [0, 0.05) is 0 Å². The largest absolute Gasteiger partial charge is 0.0701 e. The fourth-order valence-electron chi connectivity index (χ4n) is 4.99. The first kappa shape index (κ1) is 21.0. The van der Waals surface area contributed by atoms with Gasteiger partial charge in [0.15, 0.2) is 0 Å². The third-order valence-corrected chi connectivity index (χ3v) is 7.28. The van der Waals surface area contributed by atoms with Crippen molar-refractivity contribution in [1.82, 2.24) is 0 Å². The second-order valence-corrected chi connectivity index (χ2v) is 8.75. The maximum atomic E-state index is 2.50. The van der Waals surface area contributed by atoms with Crippen molar-refractivity contribution >= 4 is 0 Å². The number of hydrogen-bond donors (Lipinski definition) is 0. The zero-order valence-corrected chi connectivity index (χ0v) is 18.4. The van der Waals surface area contributed by atoms with E-state index in [0.29, 0.717) is 11.8 Å². The average Bonchev–Trinajstić information content (AvgIpc) is 2.63. The zero-order valence-electron chi connectivity index (χ0n) is 18.4. The average molecular weight is 353 g/mol. The van der Waals surface area contributed by atoms with Crippen LogP contribution in [0.3, 0.4) is 0 Å². The second-order valence-electron chi connectivity index (χ2n) is 8.75. The number of hydrogen-bond acceptors (Lipinski definition) is 0. The summed E-state index contributed by atoms with van der Waals surface area (Å²) in [5.74, 6) is 2.80. The lowest BCUT2D eigenvalue weighted by Gasteiger charge is -2.37. The first-order chi connectivity index (χ1) is 12.3. The van der Waals surface area contributed by atoms with E-state index in [9.17, 15) is 0 Å². The van der Waals surface area contributed by atoms with Gasteiger partial charge < -0.3 is 0 Å². The fraction of sp³-hybridized carbons (Fsp3) is 0.615. The van der Waals surface area contributed by atoms with Gasteiger partial charge in [-0.1, -0.05) is 81.5 Å². The van der Waals surface area contributed by atoms with Crippen LogP contribution in [0.4, 0.5) is 0 Å². The van der Waals surface area contributed by atoms with Gasteiger partial charge in [0.2, 0.25) is 0 Å². The van der Waals surface area contributed by atoms with Crippen LogP contribution in [0.2, 0.25) is 0 Å². The van der Waals surface area contributed by atoms with E-state index in [1.807, 2.05) is 0 Å². The lowest BCUT2D eigenvalue weighted by molar-refractivity contribution is 0.216. The summed E-state index contributed by atoms with van der Waals surface area (Å²) in [6, 6.07) is 7.10. The molecule has 1 aliphatic carbocycles. The van der Waals surface area contributed by atoms with Crippen LogP contribution in [-0.2, 0) is 0 Å². The van der Waals surface area contributed by atoms with Crippen molar-refractivity contribution in [2.24, 2.45) is 17.8 Å². The molecule has 2 rings (SSSR count). The second kappa shape index (κ2) is 9.07. The lowest BCUT2D eigenvalue weighted by atomic mass is 9.68. The number of aryl methyl sites for hydroxylation is 2. The van der Waals surface area contributed by atoms with E-state index in [1.54, 1.807) is 11.1 Å². The molecule has 0 N–H and O–H groups in total. The van der Waals surface area contributed by atoms with Crippen molar-refractivity contribution < 1.29 is 0 Å². The summed E-state index contributed by atoms with van der Waals surface area (Å²) < 4.78 is 0. The molecule has 0 heterocycles. The summed E-state index contributed by atoms with van der Waals surface area (Å²) in [5.41, 5.74) is 9.12. The van der Waals surface area contributed by atoms with Gasteiger partial charge in [0.1, 0.15) is 0 Å². The van der Waals surface area contributed by atoms with Crippen molar-refractivity contribution in [3.05, 3.63) is 57.7 Å². The number of benzene rings is 1. The van der Waals surface area contributed by atoms with Crippen LogP contribution >= 0.6 is 0 Å². The molecule has 0 amide bonds. The number of allylic oxidation sites excluding steroid dienone is 4. The molecule has 144 valence electrons. The molecular weight excluding hydrogens is 312 g/mol. The van der Waals surface area contributed by atoms with Gasteiger partial charge >= 0.3 is 0 Å². The summed E-state index contributed by atoms with van der Waals surface area (Å²) in [4.78, 5) is 0. The predicted molar refractivity (Wildman–Crippen MR) is 117 cm³/mol. The van der Waals surface area contributed by atoms with Crippen molar-refractivity contribution in [2.45, 2.75) is 87.0 Å². The molecule has 0 nitrogen and oxygen atoms in total. The van der Waals surface area contributed by atoms with E-state index in [0.717, 1.165) is 11.8 Å². The molecule has 0 bridgehead atoms. The summed E-state index contributed by atoms with van der Waals surface area (Å²) >= 11 is 0. The van der Waals surface area contributed by atoms with Crippen LogP contribution in [0.25, 0.3) is 0 Å². The van der Waals surface area contributed by atoms with Crippen molar-refractivity contribution in [3.8, 4) is 0 Å². The molecule has 0 fully saturated rings. The maximum absolute atomic E-state index is 2.50. The standard InChI is InChI=1S/C26H40/c1-9-25(21(7)23-13-11-17(3)19(5)15-23)26(10-2)22(8)24-14-12-18(4)20(6)16-24/h11,13,15-16,21-22,25-26H,9-10,12,14H2,1-8H3/t21-,22+,25?,26?/m0/s1. The van der Waals surface area contributed by atoms with Gasteiger partial charge in [-0.15, -0.1) is 0 Å². The van der Waals surface area contributed by atoms with Crippen molar-refractivity contribution in [2.75, 3.05) is 0 Å². The Kier molecular flexibility index (Phi) is 7.33. The fourth-order valence-corrected chi connectivity index (χ4v) is 4.99. The van der Waals surface area contributed by atoms with E-state index in [2.05, 4.69) is 79.7 Å². The van der Waals surface area contributed by atoms with Crippen LogP contribution in [0, 0.1) is 31.6 Å². The van der Waals surface area contributed by atoms with Gasteiger partial charge in [-0.3, -0.25) is 0 Å². The Morgan fingerprint density at radius 1 is 0.808 bits per heavy atom. The molecule has 0 radical (unpaired) electrons. The molecule has 1 aliphatic rings. The Balaban J connectivity index is 2.27. The highest BCUT2D eigenvalue weighted by Gasteiger charge is 2.31. The third kappa shape index (κ3) is 4.51. The highest BCUT2D eigenvalue weighted by Crippen LogP contribution is 2.42. The normalized spacial score (nSPS) is 19.8. The van der Waals surface area contributed by atoms with E-state index in [4.69, 9.17) is 0 Å². The molecule has 0 spiro atoms. The molecule has 2 unspecified atom stereocenters. The molecular formula is C26H40. The van der Waals surface area contributed by atoms with Gasteiger partial charge in [-0.2, -0.15) is 0 Å². The van der Waals surface area contributed by atoms with Crippen LogP contribution in [-0.4, -0.2) is 0 Å². The summed E-state index contributed by atoms with van der Waals surface area (Å²) in [6.07, 6.45) is 7.54. The highest BCUT2D eigenvalue weighted by molar-refractivity contribution is 5.34. The highest BCUT2D eigenvalue weighted by atomic mass is 14.4. The predicted octanol–water partition coefficient (Wildman–Crippen LogP) is 8.15.